The van der Waals surface area contributed by atoms with Crippen LogP contribution in [-0.4, -0.2) is 66.6 Å². The van der Waals surface area contributed by atoms with Crippen molar-refractivity contribution in [3.05, 3.63) is 59.2 Å². The summed E-state index contributed by atoms with van der Waals surface area (Å²) in [7, 11) is 0. The SMILES string of the molecule is CC(C)[C@H]1C(O)C(C(N)=O)C(=O)[C@]2(O)C(O)C3C(=O)c4c(O)cccc4[C@@H](C)[C@]3(C)C(CC(=O)Cc3ccc(O)cc3)[C@]12C. The van der Waals surface area contributed by atoms with Crippen molar-refractivity contribution in [2.45, 2.75) is 71.2 Å². The van der Waals surface area contributed by atoms with Gasteiger partial charge in [0.05, 0.1) is 17.6 Å². The van der Waals surface area contributed by atoms with Crippen LogP contribution in [0.1, 0.15) is 68.4 Å². The number of amides is 1. The van der Waals surface area contributed by atoms with E-state index in [0.717, 1.165) is 0 Å². The quantitative estimate of drug-likeness (QED) is 0.267. The van der Waals surface area contributed by atoms with Crippen molar-refractivity contribution in [1.29, 1.82) is 0 Å². The first-order valence-electron chi connectivity index (χ1n) is 15.0. The monoisotopic (exact) mass is 607 g/mol. The number of aliphatic hydroxyl groups is 3. The van der Waals surface area contributed by atoms with E-state index in [-0.39, 0.29) is 35.7 Å². The van der Waals surface area contributed by atoms with Crippen molar-refractivity contribution >= 4 is 23.3 Å². The van der Waals surface area contributed by atoms with Crippen molar-refractivity contribution in [3.63, 3.8) is 0 Å². The Morgan fingerprint density at radius 1 is 1.00 bits per heavy atom. The first kappa shape index (κ1) is 31.8. The fraction of sp³-hybridized carbons (Fsp3) is 0.529. The molecule has 0 saturated heterocycles. The highest BCUT2D eigenvalue weighted by atomic mass is 16.4. The first-order chi connectivity index (χ1) is 20.4. The van der Waals surface area contributed by atoms with Crippen molar-refractivity contribution in [1.82, 2.24) is 0 Å². The lowest BCUT2D eigenvalue weighted by atomic mass is 9.33. The van der Waals surface area contributed by atoms with Crippen molar-refractivity contribution in [2.24, 2.45) is 46.2 Å². The number of Topliss-reactive ketones (excluding diaryl/α,β-unsaturated/α-hetero) is 3. The fourth-order valence-corrected chi connectivity index (χ4v) is 9.51. The number of primary amides is 1. The minimum atomic E-state index is -2.76. The number of carbonyl (C=O) groups excluding carboxylic acids is 4. The number of phenolic OH excluding ortho intramolecular Hbond substituents is 2. The molecule has 10 nitrogen and oxygen atoms in total. The molecular weight excluding hydrogens is 566 g/mol. The van der Waals surface area contributed by atoms with Gasteiger partial charge in [0.25, 0.3) is 0 Å². The Labute approximate surface area is 255 Å². The van der Waals surface area contributed by atoms with Gasteiger partial charge in [-0.25, -0.2) is 0 Å². The molecule has 0 aliphatic heterocycles. The van der Waals surface area contributed by atoms with Gasteiger partial charge in [-0.05, 0) is 58.4 Å². The maximum atomic E-state index is 14.3. The fourth-order valence-electron chi connectivity index (χ4n) is 9.51. The van der Waals surface area contributed by atoms with Gasteiger partial charge in [0.15, 0.2) is 17.2 Å². The lowest BCUT2D eigenvalue weighted by Gasteiger charge is -2.71. The van der Waals surface area contributed by atoms with Crippen LogP contribution in [0.3, 0.4) is 0 Å². The normalized spacial score (nSPS) is 38.1. The smallest absolute Gasteiger partial charge is 0.230 e. The number of aromatic hydroxyl groups is 2. The molecule has 2 fully saturated rings. The summed E-state index contributed by atoms with van der Waals surface area (Å²) in [6.07, 6.45) is -3.97. The molecule has 10 atom stereocenters. The van der Waals surface area contributed by atoms with E-state index in [4.69, 9.17) is 5.73 Å². The van der Waals surface area contributed by atoms with Crippen molar-refractivity contribution in [2.75, 3.05) is 0 Å². The van der Waals surface area contributed by atoms with E-state index >= 15 is 0 Å². The molecule has 7 N–H and O–H groups in total. The highest BCUT2D eigenvalue weighted by Crippen LogP contribution is 2.71. The summed E-state index contributed by atoms with van der Waals surface area (Å²) in [6, 6.07) is 10.8. The molecule has 2 aromatic rings. The zero-order valence-electron chi connectivity index (χ0n) is 25.5. The van der Waals surface area contributed by atoms with Crippen LogP contribution >= 0.6 is 0 Å². The molecule has 236 valence electrons. The highest BCUT2D eigenvalue weighted by molar-refractivity contribution is 6.09. The number of nitrogens with two attached hydrogens (primary N) is 1. The standard InChI is InChI=1S/C34H41NO9/c1-15(2)25-28(40)24(31(35)43)29(41)34(44)30(42)26-27(39)23-20(7-6-8-21(23)38)16(3)32(26,4)22(33(25,34)5)14-19(37)13-17-9-11-18(36)12-10-17/h6-12,15-16,22,24-26,28,30,36,38,40,42,44H,13-14H2,1-5H3,(H2,35,43)/t16-,22?,24?,25+,26?,28?,30?,32-,33-,34+/m1/s1. The molecule has 3 aliphatic carbocycles. The molecular formula is C34H41NO9. The number of carbonyl (C=O) groups is 4. The number of phenols is 2. The van der Waals surface area contributed by atoms with Gasteiger partial charge >= 0.3 is 0 Å². The van der Waals surface area contributed by atoms with Crippen LogP contribution in [0.25, 0.3) is 0 Å². The second kappa shape index (κ2) is 10.5. The third kappa shape index (κ3) is 4.03. The Morgan fingerprint density at radius 2 is 1.61 bits per heavy atom. The summed E-state index contributed by atoms with van der Waals surface area (Å²) in [5.74, 6) is -9.94. The largest absolute Gasteiger partial charge is 0.508 e. The van der Waals surface area contributed by atoms with Gasteiger partial charge in [-0.1, -0.05) is 58.9 Å². The van der Waals surface area contributed by atoms with E-state index in [9.17, 15) is 44.7 Å². The predicted octanol–water partition coefficient (Wildman–Crippen LogP) is 2.27. The Morgan fingerprint density at radius 3 is 2.18 bits per heavy atom. The maximum absolute atomic E-state index is 14.3. The van der Waals surface area contributed by atoms with Gasteiger partial charge in [0.1, 0.15) is 29.3 Å². The van der Waals surface area contributed by atoms with Crippen LogP contribution in [0.5, 0.6) is 11.5 Å². The number of rotatable bonds is 6. The lowest BCUT2D eigenvalue weighted by molar-refractivity contribution is -0.292. The molecule has 2 aromatic carbocycles. The van der Waals surface area contributed by atoms with Gasteiger partial charge in [0.2, 0.25) is 5.91 Å². The summed E-state index contributed by atoms with van der Waals surface area (Å²) < 4.78 is 0. The first-order valence-corrected chi connectivity index (χ1v) is 15.0. The Kier molecular flexibility index (Phi) is 7.59. The third-order valence-corrected chi connectivity index (χ3v) is 11.6. The Hall–Kier alpha value is -3.60. The zero-order chi connectivity index (χ0) is 32.7. The average molecular weight is 608 g/mol. The molecule has 5 unspecified atom stereocenters. The number of hydrogen-bond donors (Lipinski definition) is 6. The lowest BCUT2D eigenvalue weighted by Crippen LogP contribution is -2.82. The minimum Gasteiger partial charge on any atom is -0.508 e. The van der Waals surface area contributed by atoms with Gasteiger partial charge in [0, 0.05) is 18.3 Å². The number of ketones is 3. The van der Waals surface area contributed by atoms with Gasteiger partial charge in [-0.15, -0.1) is 0 Å². The molecule has 44 heavy (non-hydrogen) atoms. The van der Waals surface area contributed by atoms with Crippen molar-refractivity contribution < 1.29 is 44.7 Å². The summed E-state index contributed by atoms with van der Waals surface area (Å²) in [5.41, 5.74) is 0.939. The van der Waals surface area contributed by atoms with E-state index in [0.29, 0.717) is 11.1 Å². The number of hydrogen-bond acceptors (Lipinski definition) is 9. The second-order valence-electron chi connectivity index (χ2n) is 13.8. The van der Waals surface area contributed by atoms with Crippen LogP contribution in [0.4, 0.5) is 0 Å². The molecule has 0 aromatic heterocycles. The summed E-state index contributed by atoms with van der Waals surface area (Å²) in [4.78, 5) is 55.1. The van der Waals surface area contributed by atoms with Crippen LogP contribution < -0.4 is 5.73 Å². The average Bonchev–Trinajstić information content (AvgIpc) is 2.93. The van der Waals surface area contributed by atoms with E-state index in [1.807, 2.05) is 6.92 Å². The molecule has 1 amide bonds. The molecule has 0 heterocycles. The minimum absolute atomic E-state index is 0.0296. The van der Waals surface area contributed by atoms with Crippen LogP contribution in [0.2, 0.25) is 0 Å². The molecule has 5 rings (SSSR count). The van der Waals surface area contributed by atoms with Gasteiger partial charge in [-0.2, -0.15) is 0 Å². The molecule has 0 radical (unpaired) electrons. The van der Waals surface area contributed by atoms with Gasteiger partial charge in [-0.3, -0.25) is 19.2 Å². The summed E-state index contributed by atoms with van der Waals surface area (Å²) in [5, 5.41) is 56.9. The zero-order valence-corrected chi connectivity index (χ0v) is 25.5. The maximum Gasteiger partial charge on any atom is 0.230 e. The van der Waals surface area contributed by atoms with Crippen LogP contribution in [0.15, 0.2) is 42.5 Å². The summed E-state index contributed by atoms with van der Waals surface area (Å²) >= 11 is 0. The Balaban J connectivity index is 1.79. The molecule has 3 aliphatic rings. The van der Waals surface area contributed by atoms with E-state index in [1.165, 1.54) is 18.2 Å². The molecule has 0 bridgehead atoms. The topological polar surface area (TPSA) is 195 Å². The van der Waals surface area contributed by atoms with E-state index in [1.54, 1.807) is 52.0 Å². The number of benzene rings is 2. The second-order valence-corrected chi connectivity index (χ2v) is 13.8. The molecule has 10 heteroatoms. The molecule has 0 spiro atoms. The predicted molar refractivity (Wildman–Crippen MR) is 158 cm³/mol. The Bertz CT molecular complexity index is 1540. The van der Waals surface area contributed by atoms with E-state index in [2.05, 4.69) is 0 Å². The van der Waals surface area contributed by atoms with Crippen molar-refractivity contribution in [3.8, 4) is 11.5 Å². The van der Waals surface area contributed by atoms with E-state index < -0.39 is 81.6 Å². The third-order valence-electron chi connectivity index (χ3n) is 11.6. The van der Waals surface area contributed by atoms with Gasteiger partial charge < -0.3 is 31.3 Å². The molecule has 2 saturated carbocycles. The van der Waals surface area contributed by atoms with Crippen LogP contribution in [0, 0.1) is 40.4 Å². The highest BCUT2D eigenvalue weighted by Gasteiger charge is 2.80. The number of aliphatic hydroxyl groups excluding tert-OH is 2. The number of fused-ring (bicyclic) bond motifs is 3. The summed E-state index contributed by atoms with van der Waals surface area (Å²) in [6.45, 7) is 8.66. The van der Waals surface area contributed by atoms with Crippen LogP contribution in [-0.2, 0) is 20.8 Å².